The molecule has 3 N–H and O–H groups in total. The Hall–Kier alpha value is -1.36. The van der Waals surface area contributed by atoms with Gasteiger partial charge in [0.15, 0.2) is 0 Å². The van der Waals surface area contributed by atoms with Crippen molar-refractivity contribution in [3.8, 4) is 0 Å². The highest BCUT2D eigenvalue weighted by Crippen LogP contribution is 2.16. The van der Waals surface area contributed by atoms with Crippen molar-refractivity contribution in [2.45, 2.75) is 13.0 Å². The maximum atomic E-state index is 10.8. The molecule has 1 aliphatic heterocycles. The highest BCUT2D eigenvalue weighted by Gasteiger charge is 2.21. The number of nitrogens with one attached hydrogen (secondary N) is 1. The number of hydrogen-bond donors (Lipinski definition) is 2. The van der Waals surface area contributed by atoms with Crippen LogP contribution in [0.1, 0.15) is 21.8 Å². The normalized spacial score (nSPS) is 15.7. The predicted octanol–water partition coefficient (Wildman–Crippen LogP) is -0.581. The van der Waals surface area contributed by atoms with Crippen molar-refractivity contribution in [3.63, 3.8) is 0 Å². The van der Waals surface area contributed by atoms with Crippen LogP contribution in [-0.2, 0) is 13.0 Å². The zero-order valence-corrected chi connectivity index (χ0v) is 6.46. The first-order chi connectivity index (χ1) is 5.79. The molecule has 5 heteroatoms. The average molecular weight is 167 g/mol. The van der Waals surface area contributed by atoms with Gasteiger partial charge in [0.2, 0.25) is 5.76 Å². The molecule has 1 aromatic heterocycles. The third-order valence-corrected chi connectivity index (χ3v) is 1.93. The van der Waals surface area contributed by atoms with Crippen molar-refractivity contribution < 1.29 is 9.32 Å². The largest absolute Gasteiger partial charge is 0.363 e. The molecule has 0 bridgehead atoms. The van der Waals surface area contributed by atoms with Gasteiger partial charge in [0.05, 0.1) is 5.69 Å². The number of carbonyl (C=O) groups excluding carboxylic acids is 1. The van der Waals surface area contributed by atoms with E-state index in [9.17, 15) is 4.79 Å². The Morgan fingerprint density at radius 2 is 2.50 bits per heavy atom. The molecule has 0 aliphatic carbocycles. The summed E-state index contributed by atoms with van der Waals surface area (Å²) >= 11 is 0. The molecule has 0 saturated heterocycles. The monoisotopic (exact) mass is 167 g/mol. The minimum Gasteiger partial charge on any atom is -0.363 e. The number of carbonyl (C=O) groups is 1. The van der Waals surface area contributed by atoms with E-state index in [0.29, 0.717) is 6.54 Å². The number of fused-ring (bicyclic) bond motifs is 1. The van der Waals surface area contributed by atoms with Gasteiger partial charge in [0, 0.05) is 25.1 Å². The summed E-state index contributed by atoms with van der Waals surface area (Å²) in [5.41, 5.74) is 6.75. The van der Waals surface area contributed by atoms with Crippen LogP contribution in [0.25, 0.3) is 0 Å². The van der Waals surface area contributed by atoms with Gasteiger partial charge in [-0.2, -0.15) is 0 Å². The molecule has 12 heavy (non-hydrogen) atoms. The molecule has 64 valence electrons. The molecule has 1 aromatic rings. The molecule has 2 rings (SSSR count). The molecule has 0 spiro atoms. The van der Waals surface area contributed by atoms with E-state index in [2.05, 4.69) is 10.5 Å². The Kier molecular flexibility index (Phi) is 1.58. The van der Waals surface area contributed by atoms with E-state index in [1.807, 2.05) is 0 Å². The fraction of sp³-hybridized carbons (Fsp3) is 0.429. The summed E-state index contributed by atoms with van der Waals surface area (Å²) in [4.78, 5) is 10.8. The lowest BCUT2D eigenvalue weighted by Crippen LogP contribution is -2.25. The van der Waals surface area contributed by atoms with Crippen molar-refractivity contribution in [2.24, 2.45) is 5.73 Å². The number of hydrogen-bond acceptors (Lipinski definition) is 4. The quantitative estimate of drug-likeness (QED) is 0.586. The third-order valence-electron chi connectivity index (χ3n) is 1.93. The minimum absolute atomic E-state index is 0.192. The van der Waals surface area contributed by atoms with E-state index in [1.54, 1.807) is 0 Å². The highest BCUT2D eigenvalue weighted by atomic mass is 16.5. The fourth-order valence-corrected chi connectivity index (χ4v) is 1.33. The van der Waals surface area contributed by atoms with Crippen LogP contribution in [0, 0.1) is 0 Å². The van der Waals surface area contributed by atoms with Crippen molar-refractivity contribution in [1.82, 2.24) is 10.5 Å². The van der Waals surface area contributed by atoms with Crippen LogP contribution in [-0.4, -0.2) is 17.6 Å². The second-order valence-corrected chi connectivity index (χ2v) is 2.73. The van der Waals surface area contributed by atoms with E-state index in [0.717, 1.165) is 24.2 Å². The van der Waals surface area contributed by atoms with Gasteiger partial charge in [0.1, 0.15) is 0 Å². The van der Waals surface area contributed by atoms with Gasteiger partial charge in [-0.15, -0.1) is 0 Å². The van der Waals surface area contributed by atoms with Crippen molar-refractivity contribution >= 4 is 5.91 Å². The topological polar surface area (TPSA) is 81.2 Å². The van der Waals surface area contributed by atoms with E-state index in [4.69, 9.17) is 10.3 Å². The third kappa shape index (κ3) is 0.984. The second-order valence-electron chi connectivity index (χ2n) is 2.73. The first kappa shape index (κ1) is 7.30. The molecule has 0 radical (unpaired) electrons. The van der Waals surface area contributed by atoms with Crippen LogP contribution >= 0.6 is 0 Å². The van der Waals surface area contributed by atoms with Gasteiger partial charge in [-0.1, -0.05) is 5.16 Å². The van der Waals surface area contributed by atoms with E-state index in [1.165, 1.54) is 0 Å². The van der Waals surface area contributed by atoms with Crippen LogP contribution in [0.4, 0.5) is 0 Å². The summed E-state index contributed by atoms with van der Waals surface area (Å²) in [5, 5.41) is 6.88. The SMILES string of the molecule is NC(=O)c1onc2c1CNCC2. The molecule has 0 atom stereocenters. The summed E-state index contributed by atoms with van der Waals surface area (Å²) in [7, 11) is 0. The number of nitrogens with two attached hydrogens (primary N) is 1. The van der Waals surface area contributed by atoms with Gasteiger partial charge in [0.25, 0.3) is 5.91 Å². The van der Waals surface area contributed by atoms with Gasteiger partial charge < -0.3 is 15.6 Å². The maximum Gasteiger partial charge on any atom is 0.287 e. The summed E-state index contributed by atoms with van der Waals surface area (Å²) in [6.45, 7) is 1.49. The summed E-state index contributed by atoms with van der Waals surface area (Å²) in [6.07, 6.45) is 0.798. The summed E-state index contributed by atoms with van der Waals surface area (Å²) in [5.74, 6) is -0.357. The van der Waals surface area contributed by atoms with Crippen LogP contribution in [0.3, 0.4) is 0 Å². The van der Waals surface area contributed by atoms with Crippen molar-refractivity contribution in [3.05, 3.63) is 17.0 Å². The number of aromatic nitrogens is 1. The Morgan fingerprint density at radius 1 is 1.67 bits per heavy atom. The van der Waals surface area contributed by atoms with Gasteiger partial charge in [-0.05, 0) is 0 Å². The lowest BCUT2D eigenvalue weighted by atomic mass is 10.1. The Morgan fingerprint density at radius 3 is 3.25 bits per heavy atom. The average Bonchev–Trinajstić information content (AvgIpc) is 2.47. The molecule has 2 heterocycles. The first-order valence-electron chi connectivity index (χ1n) is 3.77. The minimum atomic E-state index is -0.549. The zero-order valence-electron chi connectivity index (χ0n) is 6.46. The number of amides is 1. The Balaban J connectivity index is 2.44. The number of nitrogens with zero attached hydrogens (tertiary/aromatic N) is 1. The lowest BCUT2D eigenvalue weighted by molar-refractivity contribution is 0.0963. The second kappa shape index (κ2) is 2.60. The lowest BCUT2D eigenvalue weighted by Gasteiger charge is -2.09. The van der Waals surface area contributed by atoms with Crippen molar-refractivity contribution in [2.75, 3.05) is 6.54 Å². The number of rotatable bonds is 1. The molecule has 1 amide bonds. The number of primary amides is 1. The molecule has 0 aromatic carbocycles. The van der Waals surface area contributed by atoms with Crippen LogP contribution in [0.5, 0.6) is 0 Å². The smallest absolute Gasteiger partial charge is 0.287 e. The van der Waals surface area contributed by atoms with E-state index < -0.39 is 5.91 Å². The van der Waals surface area contributed by atoms with E-state index in [-0.39, 0.29) is 5.76 Å². The molecule has 0 saturated carbocycles. The Bertz CT molecular complexity index is 318. The van der Waals surface area contributed by atoms with Crippen molar-refractivity contribution in [1.29, 1.82) is 0 Å². The summed E-state index contributed by atoms with van der Waals surface area (Å²) < 4.78 is 4.81. The van der Waals surface area contributed by atoms with Gasteiger partial charge in [-0.25, -0.2) is 0 Å². The first-order valence-corrected chi connectivity index (χ1v) is 3.77. The standard InChI is InChI=1S/C7H9N3O2/c8-7(11)6-4-3-9-2-1-5(4)10-12-6/h9H,1-3H2,(H2,8,11). The fourth-order valence-electron chi connectivity index (χ4n) is 1.33. The molecular weight excluding hydrogens is 158 g/mol. The molecular formula is C7H9N3O2. The molecule has 5 nitrogen and oxygen atoms in total. The molecule has 0 fully saturated rings. The highest BCUT2D eigenvalue weighted by molar-refractivity contribution is 5.91. The van der Waals surface area contributed by atoms with Crippen LogP contribution in [0.15, 0.2) is 4.52 Å². The van der Waals surface area contributed by atoms with Crippen LogP contribution in [0.2, 0.25) is 0 Å². The zero-order chi connectivity index (χ0) is 8.55. The molecule has 1 aliphatic rings. The Labute approximate surface area is 68.9 Å². The van der Waals surface area contributed by atoms with Crippen LogP contribution < -0.4 is 11.1 Å². The summed E-state index contributed by atoms with van der Waals surface area (Å²) in [6, 6.07) is 0. The van der Waals surface area contributed by atoms with Gasteiger partial charge >= 0.3 is 0 Å². The maximum absolute atomic E-state index is 10.8. The predicted molar refractivity (Wildman–Crippen MR) is 40.4 cm³/mol. The van der Waals surface area contributed by atoms with Gasteiger partial charge in [-0.3, -0.25) is 4.79 Å². The molecule has 0 unspecified atom stereocenters. The van der Waals surface area contributed by atoms with E-state index >= 15 is 0 Å².